The molecule has 0 amide bonds. The van der Waals surface area contributed by atoms with Crippen molar-refractivity contribution in [3.05, 3.63) is 81.4 Å². The van der Waals surface area contributed by atoms with Crippen molar-refractivity contribution in [1.29, 1.82) is 0 Å². The summed E-state index contributed by atoms with van der Waals surface area (Å²) in [5.41, 5.74) is 3.88. The summed E-state index contributed by atoms with van der Waals surface area (Å²) in [6.07, 6.45) is 1.73. The van der Waals surface area contributed by atoms with Gasteiger partial charge in [-0.2, -0.15) is 0 Å². The number of aromatic nitrogens is 2. The normalized spacial score (nSPS) is 17.8. The Morgan fingerprint density at radius 2 is 2.06 bits per heavy atom. The lowest BCUT2D eigenvalue weighted by Gasteiger charge is -2.27. The summed E-state index contributed by atoms with van der Waals surface area (Å²) in [5.74, 6) is 0.419. The lowest BCUT2D eigenvalue weighted by atomic mass is 9.97. The Morgan fingerprint density at radius 3 is 2.70 bits per heavy atom. The number of aliphatic hydroxyl groups excluding tert-OH is 1. The van der Waals surface area contributed by atoms with Crippen molar-refractivity contribution in [3.63, 3.8) is 0 Å². The highest BCUT2D eigenvalue weighted by atomic mass is 32.1. The summed E-state index contributed by atoms with van der Waals surface area (Å²) in [4.78, 5) is 17.9. The number of rotatable bonds is 7. The molecule has 1 aliphatic heterocycles. The van der Waals surface area contributed by atoms with Gasteiger partial charge in [0, 0.05) is 24.1 Å². The third-order valence-electron chi connectivity index (χ3n) is 5.95. The Kier molecular flexibility index (Phi) is 6.30. The van der Waals surface area contributed by atoms with Gasteiger partial charge in [0.15, 0.2) is 5.11 Å². The monoisotopic (exact) mass is 467 g/mol. The molecule has 9 nitrogen and oxygen atoms in total. The number of methoxy groups -OCH3 is 1. The first-order valence-corrected chi connectivity index (χ1v) is 10.9. The van der Waals surface area contributed by atoms with Gasteiger partial charge in [0.2, 0.25) is 0 Å². The summed E-state index contributed by atoms with van der Waals surface area (Å²) >= 11 is 5.59. The zero-order valence-corrected chi connectivity index (χ0v) is 19.4. The van der Waals surface area contributed by atoms with Crippen LogP contribution < -0.4 is 10.1 Å². The molecule has 2 unspecified atom stereocenters. The molecule has 3 aromatic rings. The highest BCUT2D eigenvalue weighted by Gasteiger charge is 2.41. The van der Waals surface area contributed by atoms with Crippen molar-refractivity contribution in [2.45, 2.75) is 25.9 Å². The van der Waals surface area contributed by atoms with Gasteiger partial charge in [-0.05, 0) is 62.0 Å². The van der Waals surface area contributed by atoms with Crippen LogP contribution in [-0.4, -0.2) is 49.9 Å². The quantitative estimate of drug-likeness (QED) is 0.310. The van der Waals surface area contributed by atoms with Crippen molar-refractivity contribution in [3.8, 4) is 11.4 Å². The second-order valence-electron chi connectivity index (χ2n) is 7.82. The number of aryl methyl sites for hydroxylation is 1. The molecule has 1 aromatic carbocycles. The largest absolute Gasteiger partial charge is 0.496 e. The number of nitrogens with zero attached hydrogens (tertiary/aromatic N) is 4. The number of hydrogen-bond acceptors (Lipinski definition) is 6. The van der Waals surface area contributed by atoms with E-state index in [0.717, 1.165) is 22.6 Å². The number of hydrogen-bond donors (Lipinski definition) is 2. The standard InChI is InChI=1S/C23H25N5O4S/c1-14-12-17(15(2)27(14)19-8-7-16(32-3)13-20(19)28(30)31)22-21(18-6-4-5-9-24-18)25-23(33)26(22)10-11-29/h4-9,12-13,21-22,29H,10-11H2,1-3H3,(H,25,33). The van der Waals surface area contributed by atoms with E-state index >= 15 is 0 Å². The molecular formula is C23H25N5O4S. The number of ether oxygens (including phenoxy) is 1. The van der Waals surface area contributed by atoms with E-state index in [1.165, 1.54) is 13.2 Å². The number of nitro groups is 1. The predicted octanol–water partition coefficient (Wildman–Crippen LogP) is 3.37. The predicted molar refractivity (Wildman–Crippen MR) is 128 cm³/mol. The molecule has 1 aliphatic rings. The molecule has 33 heavy (non-hydrogen) atoms. The van der Waals surface area contributed by atoms with Gasteiger partial charge in [-0.1, -0.05) is 6.07 Å². The van der Waals surface area contributed by atoms with Crippen LogP contribution in [0.1, 0.15) is 34.7 Å². The summed E-state index contributed by atoms with van der Waals surface area (Å²) in [7, 11) is 1.48. The summed E-state index contributed by atoms with van der Waals surface area (Å²) in [5, 5.41) is 25.4. The molecule has 0 saturated carbocycles. The van der Waals surface area contributed by atoms with Crippen molar-refractivity contribution in [2.75, 3.05) is 20.3 Å². The van der Waals surface area contributed by atoms with Gasteiger partial charge in [0.25, 0.3) is 5.69 Å². The first kappa shape index (κ1) is 22.7. The summed E-state index contributed by atoms with van der Waals surface area (Å²) in [6, 6.07) is 12.1. The van der Waals surface area contributed by atoms with Crippen LogP contribution in [0, 0.1) is 24.0 Å². The van der Waals surface area contributed by atoms with Crippen LogP contribution in [0.25, 0.3) is 5.69 Å². The lowest BCUT2D eigenvalue weighted by molar-refractivity contribution is -0.384. The van der Waals surface area contributed by atoms with Crippen LogP contribution in [0.4, 0.5) is 5.69 Å². The summed E-state index contributed by atoms with van der Waals surface area (Å²) < 4.78 is 7.06. The fraction of sp³-hybridized carbons (Fsp3) is 0.304. The van der Waals surface area contributed by atoms with E-state index in [2.05, 4.69) is 10.3 Å². The van der Waals surface area contributed by atoms with Crippen LogP contribution in [0.5, 0.6) is 5.75 Å². The van der Waals surface area contributed by atoms with Gasteiger partial charge in [0.1, 0.15) is 11.4 Å². The van der Waals surface area contributed by atoms with Crippen LogP contribution in [0.2, 0.25) is 0 Å². The highest BCUT2D eigenvalue weighted by molar-refractivity contribution is 7.80. The number of pyridine rings is 1. The molecule has 0 aliphatic carbocycles. The molecule has 172 valence electrons. The van der Waals surface area contributed by atoms with E-state index in [1.54, 1.807) is 18.3 Å². The van der Waals surface area contributed by atoms with Gasteiger partial charge in [-0.25, -0.2) is 0 Å². The molecule has 1 saturated heterocycles. The van der Waals surface area contributed by atoms with E-state index in [9.17, 15) is 15.2 Å². The topological polar surface area (TPSA) is 106 Å². The average molecular weight is 468 g/mol. The number of nitrogens with one attached hydrogen (secondary N) is 1. The number of thiocarbonyl (C=S) groups is 1. The van der Waals surface area contributed by atoms with E-state index in [4.69, 9.17) is 17.0 Å². The minimum atomic E-state index is -0.405. The van der Waals surface area contributed by atoms with Crippen LogP contribution in [0.3, 0.4) is 0 Å². The first-order chi connectivity index (χ1) is 15.9. The molecular weight excluding hydrogens is 442 g/mol. The number of β-amino-alcohol motifs (C(OH)–C–C–N with tert-alkyl or cyclic N) is 1. The van der Waals surface area contributed by atoms with E-state index in [-0.39, 0.29) is 24.4 Å². The summed E-state index contributed by atoms with van der Waals surface area (Å²) in [6.45, 7) is 4.14. The van der Waals surface area contributed by atoms with E-state index < -0.39 is 4.92 Å². The molecule has 0 spiro atoms. The fourth-order valence-electron chi connectivity index (χ4n) is 4.52. The molecule has 2 atom stereocenters. The zero-order chi connectivity index (χ0) is 23.7. The maximum Gasteiger partial charge on any atom is 0.296 e. The Hall–Kier alpha value is -3.50. The van der Waals surface area contributed by atoms with Crippen LogP contribution in [0.15, 0.2) is 48.7 Å². The van der Waals surface area contributed by atoms with Crippen molar-refractivity contribution in [1.82, 2.24) is 19.8 Å². The Bertz CT molecular complexity index is 1200. The SMILES string of the molecule is COc1ccc(-n2c(C)cc(C3C(c4ccccn4)NC(=S)N3CCO)c2C)c([N+](=O)[O-])c1. The third kappa shape index (κ3) is 4.03. The van der Waals surface area contributed by atoms with Gasteiger partial charge in [0.05, 0.1) is 42.5 Å². The molecule has 3 heterocycles. The second kappa shape index (κ2) is 9.16. The Balaban J connectivity index is 1.87. The number of benzene rings is 1. The lowest BCUT2D eigenvalue weighted by Crippen LogP contribution is -2.32. The first-order valence-electron chi connectivity index (χ1n) is 10.5. The Morgan fingerprint density at radius 1 is 1.27 bits per heavy atom. The molecule has 0 radical (unpaired) electrons. The Labute approximate surface area is 196 Å². The second-order valence-corrected chi connectivity index (χ2v) is 8.20. The van der Waals surface area contributed by atoms with E-state index in [0.29, 0.717) is 23.1 Å². The molecule has 1 fully saturated rings. The van der Waals surface area contributed by atoms with Gasteiger partial charge in [-0.15, -0.1) is 0 Å². The maximum absolute atomic E-state index is 11.8. The minimum Gasteiger partial charge on any atom is -0.496 e. The maximum atomic E-state index is 11.8. The fourth-order valence-corrected chi connectivity index (χ4v) is 4.85. The van der Waals surface area contributed by atoms with Crippen LogP contribution >= 0.6 is 12.2 Å². The van der Waals surface area contributed by atoms with Gasteiger partial charge < -0.3 is 24.6 Å². The van der Waals surface area contributed by atoms with Crippen molar-refractivity contribution >= 4 is 23.0 Å². The molecule has 0 bridgehead atoms. The number of nitro benzene ring substituents is 1. The smallest absolute Gasteiger partial charge is 0.296 e. The molecule has 2 N–H and O–H groups in total. The molecule has 2 aromatic heterocycles. The zero-order valence-electron chi connectivity index (χ0n) is 18.6. The third-order valence-corrected chi connectivity index (χ3v) is 6.30. The van der Waals surface area contributed by atoms with Gasteiger partial charge >= 0.3 is 0 Å². The van der Waals surface area contributed by atoms with Gasteiger partial charge in [-0.3, -0.25) is 15.1 Å². The number of aliphatic hydroxyl groups is 1. The van der Waals surface area contributed by atoms with Crippen molar-refractivity contribution < 1.29 is 14.8 Å². The molecule has 4 rings (SSSR count). The molecule has 10 heteroatoms. The average Bonchev–Trinajstić information content (AvgIpc) is 3.29. The van der Waals surface area contributed by atoms with E-state index in [1.807, 2.05) is 47.6 Å². The highest BCUT2D eigenvalue weighted by Crippen LogP contribution is 2.42. The van der Waals surface area contributed by atoms with Crippen molar-refractivity contribution in [2.24, 2.45) is 0 Å². The van der Waals surface area contributed by atoms with Crippen LogP contribution in [-0.2, 0) is 0 Å². The minimum absolute atomic E-state index is 0.0451.